The molecule has 2 amide bonds. The van der Waals surface area contributed by atoms with Gasteiger partial charge in [-0.15, -0.1) is 0 Å². The molecule has 1 rings (SSSR count). The number of carboxylic acid groups (broad SMARTS) is 1. The zero-order valence-corrected chi connectivity index (χ0v) is 24.5. The second kappa shape index (κ2) is 13.8. The van der Waals surface area contributed by atoms with Gasteiger partial charge in [0.1, 0.15) is 6.04 Å². The lowest BCUT2D eigenvalue weighted by atomic mass is 9.76. The summed E-state index contributed by atoms with van der Waals surface area (Å²) >= 11 is 0. The van der Waals surface area contributed by atoms with Gasteiger partial charge in [-0.1, -0.05) is 92.1 Å². The molecule has 208 valence electrons. The Morgan fingerprint density at radius 1 is 1.05 bits per heavy atom. The van der Waals surface area contributed by atoms with Gasteiger partial charge in [0.25, 0.3) is 0 Å². The molecule has 0 aliphatic heterocycles. The Kier molecular flexibility index (Phi) is 12.0. The van der Waals surface area contributed by atoms with Gasteiger partial charge in [-0.05, 0) is 42.4 Å². The molecular formula is C30H49N3O4. The second-order valence-electron chi connectivity index (χ2n) is 11.9. The van der Waals surface area contributed by atoms with Crippen LogP contribution in [0, 0.1) is 11.3 Å². The lowest BCUT2D eigenvalue weighted by Crippen LogP contribution is -2.62. The zero-order chi connectivity index (χ0) is 28.6. The topological polar surface area (TPSA) is 98.7 Å². The Labute approximate surface area is 224 Å². The molecule has 0 spiro atoms. The second-order valence-corrected chi connectivity index (χ2v) is 11.9. The number of benzene rings is 1. The molecular weight excluding hydrogens is 466 g/mol. The normalized spacial score (nSPS) is 15.2. The van der Waals surface area contributed by atoms with Gasteiger partial charge in [0, 0.05) is 18.5 Å². The number of carboxylic acids is 1. The highest BCUT2D eigenvalue weighted by Crippen LogP contribution is 2.31. The van der Waals surface area contributed by atoms with Gasteiger partial charge in [-0.3, -0.25) is 9.59 Å². The van der Waals surface area contributed by atoms with Crippen LogP contribution in [0.2, 0.25) is 0 Å². The summed E-state index contributed by atoms with van der Waals surface area (Å²) in [5.41, 5.74) is 0.619. The summed E-state index contributed by atoms with van der Waals surface area (Å²) in [5, 5.41) is 15.8. The van der Waals surface area contributed by atoms with Crippen molar-refractivity contribution < 1.29 is 19.5 Å². The number of carbonyl (C=O) groups excluding carboxylic acids is 2. The van der Waals surface area contributed by atoms with Crippen LogP contribution in [-0.2, 0) is 19.8 Å². The largest absolute Gasteiger partial charge is 0.478 e. The number of hydrogen-bond donors (Lipinski definition) is 3. The minimum absolute atomic E-state index is 0.0184. The van der Waals surface area contributed by atoms with Crippen molar-refractivity contribution in [2.75, 3.05) is 14.1 Å². The zero-order valence-electron chi connectivity index (χ0n) is 24.5. The maximum absolute atomic E-state index is 13.9. The summed E-state index contributed by atoms with van der Waals surface area (Å²) in [6, 6.07) is 8.10. The predicted octanol–water partition coefficient (Wildman–Crippen LogP) is 4.77. The van der Waals surface area contributed by atoms with E-state index in [4.69, 9.17) is 0 Å². The lowest BCUT2D eigenvalue weighted by molar-refractivity contribution is -0.145. The van der Waals surface area contributed by atoms with Crippen molar-refractivity contribution in [1.82, 2.24) is 15.5 Å². The van der Waals surface area contributed by atoms with Crippen LogP contribution in [0.25, 0.3) is 0 Å². The molecule has 0 aromatic heterocycles. The molecule has 7 nitrogen and oxygen atoms in total. The fraction of sp³-hybridized carbons (Fsp3) is 0.633. The van der Waals surface area contributed by atoms with Crippen molar-refractivity contribution >= 4 is 17.8 Å². The first kappa shape index (κ1) is 32.4. The van der Waals surface area contributed by atoms with Gasteiger partial charge in [-0.2, -0.15) is 0 Å². The van der Waals surface area contributed by atoms with E-state index in [1.54, 1.807) is 19.0 Å². The molecule has 3 N–H and O–H groups in total. The highest BCUT2D eigenvalue weighted by atomic mass is 16.4. The molecule has 3 atom stereocenters. The minimum Gasteiger partial charge on any atom is -0.478 e. The quantitative estimate of drug-likeness (QED) is 0.329. The van der Waals surface area contributed by atoms with E-state index in [0.29, 0.717) is 12.0 Å². The average molecular weight is 516 g/mol. The van der Waals surface area contributed by atoms with E-state index in [9.17, 15) is 19.5 Å². The van der Waals surface area contributed by atoms with Crippen LogP contribution in [0.1, 0.15) is 80.2 Å². The fourth-order valence-electron chi connectivity index (χ4n) is 5.09. The smallest absolute Gasteiger partial charge is 0.328 e. The van der Waals surface area contributed by atoms with Crippen LogP contribution in [0.3, 0.4) is 0 Å². The molecule has 37 heavy (non-hydrogen) atoms. The van der Waals surface area contributed by atoms with Gasteiger partial charge >= 0.3 is 5.97 Å². The highest BCUT2D eigenvalue weighted by molar-refractivity contribution is 5.91. The van der Waals surface area contributed by atoms with E-state index in [1.807, 2.05) is 85.7 Å². The number of amides is 2. The molecule has 1 aromatic rings. The number of unbranched alkanes of at least 4 members (excludes halogenated alkanes) is 1. The molecule has 0 unspecified atom stereocenters. The van der Waals surface area contributed by atoms with Crippen molar-refractivity contribution in [2.45, 2.75) is 98.2 Å². The van der Waals surface area contributed by atoms with E-state index in [1.165, 1.54) is 6.08 Å². The van der Waals surface area contributed by atoms with Gasteiger partial charge in [-0.25, -0.2) is 4.79 Å². The molecule has 0 bridgehead atoms. The Morgan fingerprint density at radius 3 is 2.05 bits per heavy atom. The SMILES string of the molecule is CCCC/C(=C\C(=O)O)[C@H](NC(=O)[C@@H](N(C)C(=O)[C@@H](NC)C(C)(C)c1ccccc1)C(C)(C)C)C(C)C. The molecule has 0 saturated carbocycles. The summed E-state index contributed by atoms with van der Waals surface area (Å²) < 4.78 is 0. The van der Waals surface area contributed by atoms with Crippen LogP contribution in [-0.4, -0.2) is 60.0 Å². The maximum Gasteiger partial charge on any atom is 0.328 e. The molecule has 0 fully saturated rings. The minimum atomic E-state index is -1.02. The number of likely N-dealkylation sites (N-methyl/N-ethyl adjacent to an activating group) is 2. The number of nitrogens with one attached hydrogen (secondary N) is 2. The third kappa shape index (κ3) is 8.70. The fourth-order valence-corrected chi connectivity index (χ4v) is 5.09. The Balaban J connectivity index is 3.37. The van der Waals surface area contributed by atoms with E-state index in [-0.39, 0.29) is 17.7 Å². The standard InChI is InChI=1S/C30H49N3O4/c1-11-12-16-21(19-23(34)35)24(20(2)3)32-27(36)26(29(4,5)6)33(10)28(37)25(31-9)30(7,8)22-17-14-13-15-18-22/h13-15,17-20,24-26,31H,11-12,16H2,1-10H3,(H,32,36)(H,34,35)/b21-19+/t24-,25-,26-/m1/s1. The Morgan fingerprint density at radius 2 is 1.62 bits per heavy atom. The molecule has 0 radical (unpaired) electrons. The summed E-state index contributed by atoms with van der Waals surface area (Å²) in [6.07, 6.45) is 3.56. The molecule has 1 aromatic carbocycles. The molecule has 0 heterocycles. The summed E-state index contributed by atoms with van der Waals surface area (Å²) in [7, 11) is 3.44. The summed E-state index contributed by atoms with van der Waals surface area (Å²) in [6.45, 7) is 15.8. The van der Waals surface area contributed by atoms with Crippen LogP contribution in [0.5, 0.6) is 0 Å². The maximum atomic E-state index is 13.9. The van der Waals surface area contributed by atoms with Crippen LogP contribution in [0.4, 0.5) is 0 Å². The van der Waals surface area contributed by atoms with Crippen LogP contribution in [0.15, 0.2) is 42.0 Å². The van der Waals surface area contributed by atoms with E-state index in [0.717, 1.165) is 18.4 Å². The van der Waals surface area contributed by atoms with Gasteiger partial charge in [0.15, 0.2) is 0 Å². The first-order chi connectivity index (χ1) is 17.1. The monoisotopic (exact) mass is 515 g/mol. The Bertz CT molecular complexity index is 932. The molecule has 7 heteroatoms. The van der Waals surface area contributed by atoms with E-state index >= 15 is 0 Å². The van der Waals surface area contributed by atoms with Crippen molar-refractivity contribution in [3.05, 3.63) is 47.5 Å². The van der Waals surface area contributed by atoms with Crippen LogP contribution < -0.4 is 10.6 Å². The number of hydrogen-bond acceptors (Lipinski definition) is 4. The van der Waals surface area contributed by atoms with Gasteiger partial charge in [0.05, 0.1) is 12.1 Å². The van der Waals surface area contributed by atoms with Gasteiger partial charge in [0.2, 0.25) is 11.8 Å². The van der Waals surface area contributed by atoms with Crippen LogP contribution >= 0.6 is 0 Å². The third-order valence-electron chi connectivity index (χ3n) is 7.07. The number of carbonyl (C=O) groups is 3. The van der Waals surface area contributed by atoms with Gasteiger partial charge < -0.3 is 20.6 Å². The van der Waals surface area contributed by atoms with Crippen molar-refractivity contribution in [2.24, 2.45) is 11.3 Å². The number of aliphatic carboxylic acids is 1. The van der Waals surface area contributed by atoms with Crippen molar-refractivity contribution in [3.8, 4) is 0 Å². The molecule has 0 saturated heterocycles. The van der Waals surface area contributed by atoms with Crippen molar-refractivity contribution in [3.63, 3.8) is 0 Å². The number of rotatable bonds is 13. The molecule has 0 aliphatic rings. The van der Waals surface area contributed by atoms with E-state index < -0.39 is 34.9 Å². The lowest BCUT2D eigenvalue weighted by Gasteiger charge is -2.42. The van der Waals surface area contributed by atoms with E-state index in [2.05, 4.69) is 10.6 Å². The molecule has 0 aliphatic carbocycles. The Hall–Kier alpha value is -2.67. The average Bonchev–Trinajstić information content (AvgIpc) is 2.79. The summed E-state index contributed by atoms with van der Waals surface area (Å²) in [4.78, 5) is 40.9. The first-order valence-corrected chi connectivity index (χ1v) is 13.3. The predicted molar refractivity (Wildman–Crippen MR) is 150 cm³/mol. The highest BCUT2D eigenvalue weighted by Gasteiger charge is 2.44. The third-order valence-corrected chi connectivity index (χ3v) is 7.07. The number of nitrogens with zero attached hydrogens (tertiary/aromatic N) is 1. The van der Waals surface area contributed by atoms with Crippen molar-refractivity contribution in [1.29, 1.82) is 0 Å². The first-order valence-electron chi connectivity index (χ1n) is 13.3. The summed E-state index contributed by atoms with van der Waals surface area (Å²) in [5.74, 6) is -1.51.